The molecule has 6 nitrogen and oxygen atoms in total. The zero-order valence-corrected chi connectivity index (χ0v) is 11.5. The zero-order valence-electron chi connectivity index (χ0n) is 10.7. The van der Waals surface area contributed by atoms with E-state index in [4.69, 9.17) is 10.6 Å². The van der Waals surface area contributed by atoms with Crippen LogP contribution in [-0.2, 0) is 17.7 Å². The van der Waals surface area contributed by atoms with Crippen LogP contribution >= 0.6 is 11.8 Å². The van der Waals surface area contributed by atoms with Gasteiger partial charge in [0.15, 0.2) is 0 Å². The Bertz CT molecular complexity index is 353. The third kappa shape index (κ3) is 3.44. The van der Waals surface area contributed by atoms with E-state index in [1.54, 1.807) is 6.33 Å². The Morgan fingerprint density at radius 3 is 3.28 bits per heavy atom. The highest BCUT2D eigenvalue weighted by atomic mass is 32.2. The molecule has 0 amide bonds. The average molecular weight is 271 g/mol. The molecule has 1 aromatic heterocycles. The van der Waals surface area contributed by atoms with Crippen LogP contribution in [0.3, 0.4) is 0 Å². The van der Waals surface area contributed by atoms with Gasteiger partial charge < -0.3 is 4.74 Å². The van der Waals surface area contributed by atoms with Gasteiger partial charge in [0.25, 0.3) is 0 Å². The molecule has 2 rings (SSSR count). The van der Waals surface area contributed by atoms with E-state index >= 15 is 0 Å². The van der Waals surface area contributed by atoms with Crippen molar-refractivity contribution in [3.8, 4) is 0 Å². The fraction of sp³-hybridized carbons (Fsp3) is 0.818. The standard InChI is InChI=1S/C11H21N5OS/c1-2-3-16-11(13-8-14-16)6-9(15-12)10-7-18-5-4-17-10/h8-10,15H,2-7,12H2,1H3. The van der Waals surface area contributed by atoms with Gasteiger partial charge in [-0.25, -0.2) is 4.98 Å². The molecular weight excluding hydrogens is 250 g/mol. The quantitative estimate of drug-likeness (QED) is 0.568. The van der Waals surface area contributed by atoms with Crippen LogP contribution < -0.4 is 11.3 Å². The second kappa shape index (κ2) is 7.08. The predicted molar refractivity (Wildman–Crippen MR) is 72.2 cm³/mol. The lowest BCUT2D eigenvalue weighted by Crippen LogP contribution is -2.49. The van der Waals surface area contributed by atoms with Crippen molar-refractivity contribution in [2.24, 2.45) is 5.84 Å². The minimum absolute atomic E-state index is 0.0950. The van der Waals surface area contributed by atoms with Crippen molar-refractivity contribution in [1.29, 1.82) is 0 Å². The molecule has 1 fully saturated rings. The van der Waals surface area contributed by atoms with Crippen molar-refractivity contribution in [2.45, 2.75) is 38.5 Å². The smallest absolute Gasteiger partial charge is 0.138 e. The van der Waals surface area contributed by atoms with Gasteiger partial charge in [-0.05, 0) is 6.42 Å². The molecule has 0 radical (unpaired) electrons. The van der Waals surface area contributed by atoms with Crippen LogP contribution in [0.2, 0.25) is 0 Å². The van der Waals surface area contributed by atoms with Gasteiger partial charge in [-0.1, -0.05) is 6.92 Å². The first-order valence-corrected chi connectivity index (χ1v) is 7.52. The number of rotatable bonds is 6. The molecule has 2 heterocycles. The van der Waals surface area contributed by atoms with Crippen LogP contribution in [0, 0.1) is 0 Å². The van der Waals surface area contributed by atoms with E-state index in [1.165, 1.54) is 0 Å². The van der Waals surface area contributed by atoms with Gasteiger partial charge in [-0.3, -0.25) is 16.0 Å². The van der Waals surface area contributed by atoms with E-state index in [0.717, 1.165) is 43.3 Å². The number of nitrogens with two attached hydrogens (primary N) is 1. The molecule has 0 aromatic carbocycles. The van der Waals surface area contributed by atoms with Crippen LogP contribution in [0.1, 0.15) is 19.2 Å². The minimum Gasteiger partial charge on any atom is -0.375 e. The molecular formula is C11H21N5OS. The normalized spacial score (nSPS) is 22.0. The summed E-state index contributed by atoms with van der Waals surface area (Å²) in [5, 5.41) is 4.23. The lowest BCUT2D eigenvalue weighted by Gasteiger charge is -2.29. The average Bonchev–Trinajstić information content (AvgIpc) is 2.85. The summed E-state index contributed by atoms with van der Waals surface area (Å²) in [7, 11) is 0. The van der Waals surface area contributed by atoms with Crippen LogP contribution in [0.4, 0.5) is 0 Å². The van der Waals surface area contributed by atoms with Crippen molar-refractivity contribution in [1.82, 2.24) is 20.2 Å². The molecule has 1 aliphatic heterocycles. The van der Waals surface area contributed by atoms with Crippen LogP contribution in [-0.4, -0.2) is 45.0 Å². The molecule has 18 heavy (non-hydrogen) atoms. The summed E-state index contributed by atoms with van der Waals surface area (Å²) in [5.74, 6) is 8.67. The molecule has 1 aliphatic rings. The van der Waals surface area contributed by atoms with Gasteiger partial charge in [-0.15, -0.1) is 0 Å². The fourth-order valence-electron chi connectivity index (χ4n) is 2.08. The maximum atomic E-state index is 5.76. The molecule has 0 saturated carbocycles. The van der Waals surface area contributed by atoms with Crippen molar-refractivity contribution >= 4 is 11.8 Å². The second-order valence-corrected chi connectivity index (χ2v) is 5.51. The van der Waals surface area contributed by atoms with Gasteiger partial charge in [0.05, 0.1) is 18.8 Å². The third-order valence-electron chi connectivity index (χ3n) is 3.04. The summed E-state index contributed by atoms with van der Waals surface area (Å²) in [5.41, 5.74) is 2.86. The first-order valence-electron chi connectivity index (χ1n) is 6.37. The molecule has 1 saturated heterocycles. The maximum absolute atomic E-state index is 5.76. The van der Waals surface area contributed by atoms with E-state index < -0.39 is 0 Å². The molecule has 0 aliphatic carbocycles. The number of thioether (sulfide) groups is 1. The highest BCUT2D eigenvalue weighted by Gasteiger charge is 2.25. The Morgan fingerprint density at radius 2 is 2.61 bits per heavy atom. The summed E-state index contributed by atoms with van der Waals surface area (Å²) in [6.45, 7) is 3.83. The highest BCUT2D eigenvalue weighted by molar-refractivity contribution is 7.99. The van der Waals surface area contributed by atoms with E-state index in [1.807, 2.05) is 16.4 Å². The summed E-state index contributed by atoms with van der Waals surface area (Å²) in [6, 6.07) is 0.0950. The van der Waals surface area contributed by atoms with Gasteiger partial charge in [0, 0.05) is 24.5 Å². The van der Waals surface area contributed by atoms with Crippen molar-refractivity contribution in [2.75, 3.05) is 18.1 Å². The van der Waals surface area contributed by atoms with Gasteiger partial charge in [0.1, 0.15) is 12.2 Å². The number of hydrogen-bond acceptors (Lipinski definition) is 6. The van der Waals surface area contributed by atoms with Crippen LogP contribution in [0.15, 0.2) is 6.33 Å². The first-order chi connectivity index (χ1) is 8.85. The Balaban J connectivity index is 1.98. The Hall–Kier alpha value is -0.630. The lowest BCUT2D eigenvalue weighted by molar-refractivity contribution is 0.0464. The summed E-state index contributed by atoms with van der Waals surface area (Å²) >= 11 is 1.91. The molecule has 0 spiro atoms. The van der Waals surface area contributed by atoms with Crippen molar-refractivity contribution in [3.63, 3.8) is 0 Å². The zero-order chi connectivity index (χ0) is 12.8. The van der Waals surface area contributed by atoms with E-state index in [2.05, 4.69) is 22.4 Å². The number of nitrogens with zero attached hydrogens (tertiary/aromatic N) is 3. The molecule has 1 aromatic rings. The number of aryl methyl sites for hydroxylation is 1. The number of hydrazine groups is 1. The molecule has 0 bridgehead atoms. The topological polar surface area (TPSA) is 78.0 Å². The lowest BCUT2D eigenvalue weighted by atomic mass is 10.1. The number of hydrogen-bond donors (Lipinski definition) is 2. The minimum atomic E-state index is 0.0950. The van der Waals surface area contributed by atoms with Gasteiger partial charge >= 0.3 is 0 Å². The predicted octanol–water partition coefficient (Wildman–Crippen LogP) is 0.195. The Kier molecular flexibility index (Phi) is 5.43. The second-order valence-electron chi connectivity index (χ2n) is 4.36. The molecule has 2 unspecified atom stereocenters. The third-order valence-corrected chi connectivity index (χ3v) is 4.06. The maximum Gasteiger partial charge on any atom is 0.138 e. The number of nitrogens with one attached hydrogen (secondary N) is 1. The largest absolute Gasteiger partial charge is 0.375 e. The monoisotopic (exact) mass is 271 g/mol. The molecule has 102 valence electrons. The van der Waals surface area contributed by atoms with Crippen LogP contribution in [0.5, 0.6) is 0 Å². The van der Waals surface area contributed by atoms with E-state index in [-0.39, 0.29) is 12.1 Å². The van der Waals surface area contributed by atoms with E-state index in [0.29, 0.717) is 0 Å². The molecule has 3 N–H and O–H groups in total. The SMILES string of the molecule is CCCn1ncnc1CC(NN)C1CSCCO1. The Morgan fingerprint density at radius 1 is 1.72 bits per heavy atom. The number of ether oxygens (including phenoxy) is 1. The van der Waals surface area contributed by atoms with Gasteiger partial charge in [0.2, 0.25) is 0 Å². The van der Waals surface area contributed by atoms with E-state index in [9.17, 15) is 0 Å². The number of aromatic nitrogens is 3. The van der Waals surface area contributed by atoms with Gasteiger partial charge in [-0.2, -0.15) is 16.9 Å². The molecule has 7 heteroatoms. The summed E-state index contributed by atoms with van der Waals surface area (Å²) in [4.78, 5) is 4.31. The van der Waals surface area contributed by atoms with Crippen molar-refractivity contribution < 1.29 is 4.74 Å². The van der Waals surface area contributed by atoms with Crippen LogP contribution in [0.25, 0.3) is 0 Å². The fourth-order valence-corrected chi connectivity index (χ4v) is 3.02. The van der Waals surface area contributed by atoms with Crippen molar-refractivity contribution in [3.05, 3.63) is 12.2 Å². The first kappa shape index (κ1) is 13.8. The Labute approximate surface area is 112 Å². The summed E-state index contributed by atoms with van der Waals surface area (Å²) in [6.07, 6.45) is 3.56. The molecule has 2 atom stereocenters. The highest BCUT2D eigenvalue weighted by Crippen LogP contribution is 2.17. The summed E-state index contributed by atoms with van der Waals surface area (Å²) < 4.78 is 7.70.